The highest BCUT2D eigenvalue weighted by Gasteiger charge is 2.18. The van der Waals surface area contributed by atoms with Gasteiger partial charge in [0.1, 0.15) is 12.4 Å². The number of benzene rings is 2. The Labute approximate surface area is 148 Å². The van der Waals surface area contributed by atoms with E-state index in [9.17, 15) is 4.79 Å². The number of carbonyl (C=O) groups is 1. The van der Waals surface area contributed by atoms with Crippen molar-refractivity contribution in [3.05, 3.63) is 65.5 Å². The molecule has 4 nitrogen and oxygen atoms in total. The molecule has 0 aliphatic rings. The molecule has 130 valence electrons. The zero-order valence-corrected chi connectivity index (χ0v) is 15.3. The van der Waals surface area contributed by atoms with Gasteiger partial charge in [0.2, 0.25) is 5.91 Å². The molecule has 0 aliphatic heterocycles. The van der Waals surface area contributed by atoms with Crippen LogP contribution in [0.15, 0.2) is 48.5 Å². The van der Waals surface area contributed by atoms with Crippen molar-refractivity contribution in [3.8, 4) is 0 Å². The van der Waals surface area contributed by atoms with Gasteiger partial charge in [-0.1, -0.05) is 36.4 Å². The van der Waals surface area contributed by atoms with E-state index in [-0.39, 0.29) is 18.0 Å². The first kappa shape index (κ1) is 17.2. The number of imidazole rings is 1. The Morgan fingerprint density at radius 1 is 1.08 bits per heavy atom. The van der Waals surface area contributed by atoms with E-state index in [2.05, 4.69) is 24.4 Å². The molecule has 0 atom stereocenters. The Morgan fingerprint density at radius 3 is 2.48 bits per heavy atom. The molecule has 0 bridgehead atoms. The Kier molecular flexibility index (Phi) is 4.62. The fourth-order valence-corrected chi connectivity index (χ4v) is 3.02. The summed E-state index contributed by atoms with van der Waals surface area (Å²) in [5, 5.41) is 3.04. The topological polar surface area (TPSA) is 46.9 Å². The van der Waals surface area contributed by atoms with Crippen molar-refractivity contribution in [3.63, 3.8) is 0 Å². The van der Waals surface area contributed by atoms with Crippen LogP contribution in [-0.2, 0) is 17.8 Å². The van der Waals surface area contributed by atoms with Crippen molar-refractivity contribution in [1.29, 1.82) is 0 Å². The molecule has 0 radical (unpaired) electrons. The minimum absolute atomic E-state index is 0.00156. The number of nitrogens with one attached hydrogen (secondary N) is 1. The van der Waals surface area contributed by atoms with Crippen LogP contribution in [0, 0.1) is 6.92 Å². The smallest absolute Gasteiger partial charge is 0.240 e. The largest absolute Gasteiger partial charge is 0.350 e. The summed E-state index contributed by atoms with van der Waals surface area (Å²) >= 11 is 0. The average Bonchev–Trinajstić information content (AvgIpc) is 2.85. The molecule has 25 heavy (non-hydrogen) atoms. The lowest BCUT2D eigenvalue weighted by Gasteiger charge is -2.21. The zero-order chi connectivity index (χ0) is 18.0. The summed E-state index contributed by atoms with van der Waals surface area (Å²) in [6.45, 7) is 8.36. The normalized spacial score (nSPS) is 11.7. The molecule has 0 saturated heterocycles. The van der Waals surface area contributed by atoms with Gasteiger partial charge in [-0.25, -0.2) is 4.98 Å². The third kappa shape index (κ3) is 4.08. The second kappa shape index (κ2) is 6.71. The van der Waals surface area contributed by atoms with E-state index >= 15 is 0 Å². The number of nitrogens with zero attached hydrogens (tertiary/aromatic N) is 2. The first-order chi connectivity index (χ1) is 11.8. The highest BCUT2D eigenvalue weighted by atomic mass is 16.2. The molecular formula is C21H25N3O. The number of fused-ring (bicyclic) bond motifs is 1. The van der Waals surface area contributed by atoms with Crippen LogP contribution in [0.4, 0.5) is 0 Å². The monoisotopic (exact) mass is 335 g/mol. The quantitative estimate of drug-likeness (QED) is 0.787. The fraction of sp³-hybridized carbons (Fsp3) is 0.333. The molecule has 1 aromatic heterocycles. The van der Waals surface area contributed by atoms with Gasteiger partial charge in [-0.2, -0.15) is 0 Å². The number of hydrogen-bond donors (Lipinski definition) is 1. The van der Waals surface area contributed by atoms with E-state index < -0.39 is 0 Å². The number of rotatable bonds is 4. The van der Waals surface area contributed by atoms with Gasteiger partial charge in [-0.05, 0) is 51.0 Å². The molecule has 0 fully saturated rings. The molecule has 2 aromatic carbocycles. The maximum Gasteiger partial charge on any atom is 0.240 e. The maximum absolute atomic E-state index is 12.5. The van der Waals surface area contributed by atoms with Crippen LogP contribution in [-0.4, -0.2) is 21.0 Å². The number of aryl methyl sites for hydroxylation is 1. The lowest BCUT2D eigenvalue weighted by Crippen LogP contribution is -2.42. The Hall–Kier alpha value is -2.62. The fourth-order valence-electron chi connectivity index (χ4n) is 3.02. The standard InChI is InChI=1S/C21H25N3O/c1-15-9-5-6-10-16(15)13-19-22-17-11-7-8-12-18(17)24(19)14-20(25)23-21(2,3)4/h5-12H,13-14H2,1-4H3,(H,23,25). The van der Waals surface area contributed by atoms with E-state index in [1.165, 1.54) is 11.1 Å². The number of hydrogen-bond acceptors (Lipinski definition) is 2. The van der Waals surface area contributed by atoms with Crippen LogP contribution in [0.5, 0.6) is 0 Å². The molecule has 1 N–H and O–H groups in total. The maximum atomic E-state index is 12.5. The zero-order valence-electron chi connectivity index (χ0n) is 15.3. The predicted octanol–water partition coefficient (Wildman–Crippen LogP) is 3.85. The first-order valence-corrected chi connectivity index (χ1v) is 8.63. The van der Waals surface area contributed by atoms with Gasteiger partial charge in [0.25, 0.3) is 0 Å². The van der Waals surface area contributed by atoms with Crippen molar-refractivity contribution in [2.24, 2.45) is 0 Å². The number of amides is 1. The van der Waals surface area contributed by atoms with Gasteiger partial charge >= 0.3 is 0 Å². The summed E-state index contributed by atoms with van der Waals surface area (Å²) in [5.41, 5.74) is 4.14. The summed E-state index contributed by atoms with van der Waals surface area (Å²) in [6.07, 6.45) is 0.712. The third-order valence-corrected chi connectivity index (χ3v) is 4.16. The molecule has 3 aromatic rings. The van der Waals surface area contributed by atoms with Crippen LogP contribution in [0.2, 0.25) is 0 Å². The first-order valence-electron chi connectivity index (χ1n) is 8.63. The number of para-hydroxylation sites is 2. The van der Waals surface area contributed by atoms with Gasteiger partial charge in [0.15, 0.2) is 0 Å². The molecular weight excluding hydrogens is 310 g/mol. The average molecular weight is 335 g/mol. The number of carbonyl (C=O) groups excluding carboxylic acids is 1. The highest BCUT2D eigenvalue weighted by Crippen LogP contribution is 2.20. The van der Waals surface area contributed by atoms with Crippen molar-refractivity contribution >= 4 is 16.9 Å². The second-order valence-electron chi connectivity index (χ2n) is 7.50. The Morgan fingerprint density at radius 2 is 1.76 bits per heavy atom. The summed E-state index contributed by atoms with van der Waals surface area (Å²) in [4.78, 5) is 17.3. The van der Waals surface area contributed by atoms with Gasteiger partial charge in [-0.15, -0.1) is 0 Å². The van der Waals surface area contributed by atoms with E-state index in [1.54, 1.807) is 0 Å². The van der Waals surface area contributed by atoms with Crippen LogP contribution in [0.3, 0.4) is 0 Å². The van der Waals surface area contributed by atoms with E-state index in [1.807, 2.05) is 61.7 Å². The van der Waals surface area contributed by atoms with E-state index in [0.29, 0.717) is 6.42 Å². The van der Waals surface area contributed by atoms with Crippen molar-refractivity contribution < 1.29 is 4.79 Å². The van der Waals surface area contributed by atoms with Gasteiger partial charge in [0, 0.05) is 12.0 Å². The van der Waals surface area contributed by atoms with Crippen molar-refractivity contribution in [2.75, 3.05) is 0 Å². The lowest BCUT2D eigenvalue weighted by molar-refractivity contribution is -0.123. The SMILES string of the molecule is Cc1ccccc1Cc1nc2ccccc2n1CC(=O)NC(C)(C)C. The molecule has 1 heterocycles. The third-order valence-electron chi connectivity index (χ3n) is 4.16. The lowest BCUT2D eigenvalue weighted by atomic mass is 10.1. The highest BCUT2D eigenvalue weighted by molar-refractivity contribution is 5.81. The van der Waals surface area contributed by atoms with Crippen molar-refractivity contribution in [2.45, 2.75) is 46.2 Å². The molecule has 3 rings (SSSR count). The van der Waals surface area contributed by atoms with Gasteiger partial charge < -0.3 is 9.88 Å². The molecule has 0 spiro atoms. The van der Waals surface area contributed by atoms with Crippen LogP contribution >= 0.6 is 0 Å². The number of aromatic nitrogens is 2. The Balaban J connectivity index is 1.97. The molecule has 0 aliphatic carbocycles. The summed E-state index contributed by atoms with van der Waals surface area (Å²) < 4.78 is 2.03. The van der Waals surface area contributed by atoms with Crippen LogP contribution in [0.1, 0.15) is 37.7 Å². The summed E-state index contributed by atoms with van der Waals surface area (Å²) in [6, 6.07) is 16.3. The minimum Gasteiger partial charge on any atom is -0.350 e. The van der Waals surface area contributed by atoms with Gasteiger partial charge in [0.05, 0.1) is 11.0 Å². The van der Waals surface area contributed by atoms with Gasteiger partial charge in [-0.3, -0.25) is 4.79 Å². The summed E-state index contributed by atoms with van der Waals surface area (Å²) in [5.74, 6) is 0.918. The molecule has 1 amide bonds. The molecule has 4 heteroatoms. The summed E-state index contributed by atoms with van der Waals surface area (Å²) in [7, 11) is 0. The Bertz CT molecular complexity index is 903. The van der Waals surface area contributed by atoms with E-state index in [4.69, 9.17) is 4.98 Å². The molecule has 0 saturated carbocycles. The van der Waals surface area contributed by atoms with Crippen LogP contribution in [0.25, 0.3) is 11.0 Å². The van der Waals surface area contributed by atoms with Crippen LogP contribution < -0.4 is 5.32 Å². The predicted molar refractivity (Wildman–Crippen MR) is 102 cm³/mol. The molecule has 0 unspecified atom stereocenters. The van der Waals surface area contributed by atoms with Crippen molar-refractivity contribution in [1.82, 2.24) is 14.9 Å². The van der Waals surface area contributed by atoms with E-state index in [0.717, 1.165) is 16.9 Å². The minimum atomic E-state index is -0.246. The second-order valence-corrected chi connectivity index (χ2v) is 7.50.